The highest BCUT2D eigenvalue weighted by Gasteiger charge is 2.34. The molecule has 5 heteroatoms. The molecule has 96 valence electrons. The molecule has 0 spiro atoms. The molecule has 5 nitrogen and oxygen atoms in total. The van der Waals surface area contributed by atoms with E-state index in [-0.39, 0.29) is 12.0 Å². The molecular weight excluding hydrogens is 232 g/mol. The van der Waals surface area contributed by atoms with Gasteiger partial charge in [0, 0.05) is 14.1 Å². The lowest BCUT2D eigenvalue weighted by Crippen LogP contribution is -2.28. The molecule has 2 atom stereocenters. The summed E-state index contributed by atoms with van der Waals surface area (Å²) in [7, 11) is 3.25. The number of amides is 1. The van der Waals surface area contributed by atoms with Crippen LogP contribution in [0, 0.1) is 5.92 Å². The van der Waals surface area contributed by atoms with Crippen molar-refractivity contribution in [3.63, 3.8) is 0 Å². The van der Waals surface area contributed by atoms with E-state index in [1.165, 1.54) is 4.90 Å². The Balaban J connectivity index is 2.05. The van der Waals surface area contributed by atoms with Crippen LogP contribution in [0.3, 0.4) is 0 Å². The topological polar surface area (TPSA) is 51.1 Å². The first kappa shape index (κ1) is 12.4. The van der Waals surface area contributed by atoms with Crippen molar-refractivity contribution in [3.05, 3.63) is 35.9 Å². The van der Waals surface area contributed by atoms with Gasteiger partial charge in [0.05, 0.1) is 5.92 Å². The Morgan fingerprint density at radius 2 is 2.00 bits per heavy atom. The van der Waals surface area contributed by atoms with Crippen LogP contribution in [0.15, 0.2) is 35.5 Å². The second-order valence-corrected chi connectivity index (χ2v) is 4.42. The normalized spacial score (nSPS) is 22.1. The fraction of sp³-hybridized carbons (Fsp3) is 0.385. The zero-order valence-corrected chi connectivity index (χ0v) is 10.7. The number of hydrogen-bond donors (Lipinski definition) is 0. The van der Waals surface area contributed by atoms with E-state index < -0.39 is 6.09 Å². The van der Waals surface area contributed by atoms with E-state index in [1.54, 1.807) is 14.1 Å². The fourth-order valence-electron chi connectivity index (χ4n) is 1.70. The number of carbonyl (C=O) groups excluding carboxylic acids is 1. The summed E-state index contributed by atoms with van der Waals surface area (Å²) in [5.74, 6) is 0.235. The van der Waals surface area contributed by atoms with Gasteiger partial charge in [-0.15, -0.1) is 0 Å². The van der Waals surface area contributed by atoms with Gasteiger partial charge in [-0.25, -0.2) is 4.79 Å². The van der Waals surface area contributed by atoms with E-state index >= 15 is 0 Å². The van der Waals surface area contributed by atoms with Crippen LogP contribution in [0.1, 0.15) is 18.6 Å². The molecule has 0 fully saturated rings. The van der Waals surface area contributed by atoms with Gasteiger partial charge in [-0.3, -0.25) is 0 Å². The van der Waals surface area contributed by atoms with Gasteiger partial charge in [-0.05, 0) is 12.5 Å². The lowest BCUT2D eigenvalue weighted by molar-refractivity contribution is 0.0653. The molecule has 0 N–H and O–H groups in total. The first-order valence-corrected chi connectivity index (χ1v) is 5.77. The van der Waals surface area contributed by atoms with E-state index in [0.717, 1.165) is 5.56 Å². The quantitative estimate of drug-likeness (QED) is 0.766. The maximum absolute atomic E-state index is 11.5. The van der Waals surface area contributed by atoms with Crippen molar-refractivity contribution in [2.24, 2.45) is 11.1 Å². The van der Waals surface area contributed by atoms with Crippen LogP contribution in [-0.4, -0.2) is 31.0 Å². The van der Waals surface area contributed by atoms with Gasteiger partial charge in [-0.1, -0.05) is 35.5 Å². The molecule has 0 saturated heterocycles. The van der Waals surface area contributed by atoms with Gasteiger partial charge in [0.2, 0.25) is 5.90 Å². The molecule has 1 aliphatic rings. The summed E-state index contributed by atoms with van der Waals surface area (Å²) in [5.41, 5.74) is 1.02. The number of oxime groups is 1. The minimum absolute atomic E-state index is 0.0868. The van der Waals surface area contributed by atoms with Crippen LogP contribution in [0.4, 0.5) is 4.79 Å². The van der Waals surface area contributed by atoms with Gasteiger partial charge in [0.25, 0.3) is 0 Å². The second-order valence-electron chi connectivity index (χ2n) is 4.42. The Hall–Kier alpha value is -2.04. The summed E-state index contributed by atoms with van der Waals surface area (Å²) in [4.78, 5) is 18.1. The minimum Gasteiger partial charge on any atom is -0.391 e. The molecule has 18 heavy (non-hydrogen) atoms. The third-order valence-electron chi connectivity index (χ3n) is 2.79. The van der Waals surface area contributed by atoms with Gasteiger partial charge in [0.1, 0.15) is 0 Å². The summed E-state index contributed by atoms with van der Waals surface area (Å²) in [6.45, 7) is 1.92. The molecule has 1 aromatic rings. The number of hydrogen-bond acceptors (Lipinski definition) is 4. The number of nitrogens with zero attached hydrogens (tertiary/aromatic N) is 2. The van der Waals surface area contributed by atoms with Gasteiger partial charge >= 0.3 is 6.09 Å². The number of carbonyl (C=O) groups is 1. The lowest BCUT2D eigenvalue weighted by Gasteiger charge is -2.15. The van der Waals surface area contributed by atoms with E-state index in [9.17, 15) is 4.79 Å². The van der Waals surface area contributed by atoms with Crippen molar-refractivity contribution in [2.45, 2.75) is 13.0 Å². The van der Waals surface area contributed by atoms with Crippen LogP contribution in [0.5, 0.6) is 0 Å². The zero-order chi connectivity index (χ0) is 13.1. The molecule has 0 aromatic heterocycles. The Bertz CT molecular complexity index is 457. The average molecular weight is 248 g/mol. The number of benzene rings is 1. The maximum atomic E-state index is 11.5. The monoisotopic (exact) mass is 248 g/mol. The molecule has 0 bridgehead atoms. The second kappa shape index (κ2) is 5.08. The van der Waals surface area contributed by atoms with Crippen LogP contribution < -0.4 is 0 Å². The minimum atomic E-state index is -0.446. The summed E-state index contributed by atoms with van der Waals surface area (Å²) in [6.07, 6.45) is -0.644. The highest BCUT2D eigenvalue weighted by atomic mass is 16.7. The zero-order valence-electron chi connectivity index (χ0n) is 10.7. The van der Waals surface area contributed by atoms with Crippen molar-refractivity contribution < 1.29 is 14.4 Å². The average Bonchev–Trinajstić information content (AvgIpc) is 2.72. The lowest BCUT2D eigenvalue weighted by atomic mass is 9.98. The third kappa shape index (κ3) is 2.45. The Morgan fingerprint density at radius 3 is 2.61 bits per heavy atom. The van der Waals surface area contributed by atoms with E-state index in [4.69, 9.17) is 9.57 Å². The molecule has 0 radical (unpaired) electrons. The first-order valence-electron chi connectivity index (χ1n) is 5.77. The van der Waals surface area contributed by atoms with Crippen molar-refractivity contribution in [1.82, 2.24) is 4.90 Å². The molecule has 0 saturated carbocycles. The summed E-state index contributed by atoms with van der Waals surface area (Å²) >= 11 is 0. The van der Waals surface area contributed by atoms with Gasteiger partial charge in [-0.2, -0.15) is 0 Å². The molecule has 0 aliphatic carbocycles. The third-order valence-corrected chi connectivity index (χ3v) is 2.79. The highest BCUT2D eigenvalue weighted by Crippen LogP contribution is 2.32. The fourth-order valence-corrected chi connectivity index (χ4v) is 1.70. The van der Waals surface area contributed by atoms with Crippen LogP contribution in [-0.2, 0) is 9.57 Å². The van der Waals surface area contributed by atoms with Gasteiger partial charge in [0.15, 0.2) is 6.10 Å². The molecule has 1 aliphatic heterocycles. The summed E-state index contributed by atoms with van der Waals surface area (Å²) in [6, 6.07) is 9.75. The van der Waals surface area contributed by atoms with Crippen LogP contribution in [0.25, 0.3) is 0 Å². The van der Waals surface area contributed by atoms with Crippen molar-refractivity contribution in [2.75, 3.05) is 14.1 Å². The molecule has 2 unspecified atom stereocenters. The molecule has 1 amide bonds. The Kier molecular flexibility index (Phi) is 3.50. The first-order chi connectivity index (χ1) is 8.59. The van der Waals surface area contributed by atoms with E-state index in [0.29, 0.717) is 5.90 Å². The molecule has 1 aromatic carbocycles. The van der Waals surface area contributed by atoms with E-state index in [2.05, 4.69) is 5.16 Å². The SMILES string of the molecule is CC1C(OC(=O)N(C)C)=NOC1c1ccccc1. The standard InChI is InChI=1S/C13H16N2O3/c1-9-11(10-7-5-4-6-8-10)18-14-12(9)17-13(16)15(2)3/h4-9,11H,1-3H3. The van der Waals surface area contributed by atoms with E-state index in [1.807, 2.05) is 37.3 Å². The van der Waals surface area contributed by atoms with Gasteiger partial charge < -0.3 is 14.5 Å². The molecule has 2 rings (SSSR count). The molecular formula is C13H16N2O3. The largest absolute Gasteiger partial charge is 0.415 e. The Morgan fingerprint density at radius 1 is 1.33 bits per heavy atom. The maximum Gasteiger partial charge on any atom is 0.415 e. The van der Waals surface area contributed by atoms with Crippen LogP contribution in [0.2, 0.25) is 0 Å². The number of ether oxygens (including phenoxy) is 1. The number of rotatable bonds is 1. The summed E-state index contributed by atoms with van der Waals surface area (Å²) < 4.78 is 5.15. The predicted octanol–water partition coefficient (Wildman–Crippen LogP) is 2.41. The highest BCUT2D eigenvalue weighted by molar-refractivity contribution is 5.90. The predicted molar refractivity (Wildman–Crippen MR) is 67.0 cm³/mol. The Labute approximate surface area is 106 Å². The smallest absolute Gasteiger partial charge is 0.391 e. The molecule has 1 heterocycles. The summed E-state index contributed by atoms with van der Waals surface area (Å²) in [5, 5.41) is 3.84. The van der Waals surface area contributed by atoms with Crippen molar-refractivity contribution in [1.29, 1.82) is 0 Å². The van der Waals surface area contributed by atoms with Crippen LogP contribution >= 0.6 is 0 Å². The van der Waals surface area contributed by atoms with Crippen molar-refractivity contribution >= 4 is 12.0 Å². The van der Waals surface area contributed by atoms with Crippen molar-refractivity contribution in [3.8, 4) is 0 Å².